The quantitative estimate of drug-likeness (QED) is 0.731. The largest absolute Gasteiger partial charge is 0.493 e. The first-order valence-electron chi connectivity index (χ1n) is 5.33. The van der Waals surface area contributed by atoms with Crippen LogP contribution in [0.4, 0.5) is 0 Å². The highest BCUT2D eigenvalue weighted by Crippen LogP contribution is 2.27. The number of hydrogen-bond donors (Lipinski definition) is 2. The third kappa shape index (κ3) is 4.76. The fraction of sp³-hybridized carbons (Fsp3) is 0.364. The second kappa shape index (κ2) is 6.39. The van der Waals surface area contributed by atoms with E-state index in [0.717, 1.165) is 0 Å². The molecule has 2 N–H and O–H groups in total. The van der Waals surface area contributed by atoms with E-state index in [1.54, 1.807) is 6.07 Å². The lowest BCUT2D eigenvalue weighted by Crippen LogP contribution is -2.28. The topological polar surface area (TPSA) is 102 Å². The summed E-state index contributed by atoms with van der Waals surface area (Å²) in [5.41, 5.74) is 0.299. The minimum Gasteiger partial charge on any atom is -0.493 e. The average molecular weight is 289 g/mol. The minimum atomic E-state index is -4.08. The molecule has 0 unspecified atom stereocenters. The Morgan fingerprint density at radius 2 is 1.89 bits per heavy atom. The molecule has 0 saturated heterocycles. The van der Waals surface area contributed by atoms with Gasteiger partial charge < -0.3 is 14.8 Å². The van der Waals surface area contributed by atoms with Crippen molar-refractivity contribution in [1.82, 2.24) is 5.32 Å². The smallest absolute Gasteiger partial charge is 0.266 e. The molecule has 0 fully saturated rings. The zero-order valence-electron chi connectivity index (χ0n) is 10.5. The molecule has 7 nitrogen and oxygen atoms in total. The number of rotatable bonds is 6. The molecule has 0 bridgehead atoms. The molecule has 0 aliphatic rings. The van der Waals surface area contributed by atoms with E-state index in [9.17, 15) is 13.2 Å². The Labute approximate surface area is 111 Å². The van der Waals surface area contributed by atoms with Crippen molar-refractivity contribution in [3.8, 4) is 11.5 Å². The Morgan fingerprint density at radius 3 is 2.42 bits per heavy atom. The van der Waals surface area contributed by atoms with E-state index in [-0.39, 0.29) is 6.54 Å². The van der Waals surface area contributed by atoms with Gasteiger partial charge in [0.25, 0.3) is 16.0 Å². The summed E-state index contributed by atoms with van der Waals surface area (Å²) in [6, 6.07) is 4.56. The van der Waals surface area contributed by atoms with Crippen molar-refractivity contribution in [1.29, 1.82) is 0 Å². The molecule has 0 heterocycles. The van der Waals surface area contributed by atoms with Gasteiger partial charge in [-0.15, -0.1) is 0 Å². The van der Waals surface area contributed by atoms with Gasteiger partial charge in [0.05, 0.1) is 20.0 Å². The van der Waals surface area contributed by atoms with Crippen LogP contribution in [-0.4, -0.2) is 45.4 Å². The highest BCUT2D eigenvalue weighted by atomic mass is 32.2. The fourth-order valence-electron chi connectivity index (χ4n) is 1.37. The Balaban J connectivity index is 2.72. The predicted octanol–water partition coefficient (Wildman–Crippen LogP) is 0.321. The summed E-state index contributed by atoms with van der Waals surface area (Å²) in [5.74, 6) is -0.127. The summed E-state index contributed by atoms with van der Waals surface area (Å²) in [7, 11) is -1.17. The molecule has 0 aliphatic heterocycles. The van der Waals surface area contributed by atoms with Crippen molar-refractivity contribution in [2.24, 2.45) is 0 Å². The summed E-state index contributed by atoms with van der Waals surface area (Å²) in [4.78, 5) is 11.7. The van der Waals surface area contributed by atoms with Crippen LogP contribution in [0.5, 0.6) is 11.5 Å². The standard InChI is InChI=1S/C11H15NO6S/c1-17-9-4-3-8(7-10(9)18-2)11(13)12-5-6-19(14,15)16/h3-4,7H,5-6H2,1-2H3,(H,12,13)(H,14,15,16). The second-order valence-corrected chi connectivity index (χ2v) is 5.18. The first-order chi connectivity index (χ1) is 8.87. The van der Waals surface area contributed by atoms with Gasteiger partial charge >= 0.3 is 0 Å². The van der Waals surface area contributed by atoms with Crippen molar-refractivity contribution < 1.29 is 27.2 Å². The first kappa shape index (κ1) is 15.3. The Morgan fingerprint density at radius 1 is 1.26 bits per heavy atom. The predicted molar refractivity (Wildman–Crippen MR) is 68.3 cm³/mol. The number of ether oxygens (including phenoxy) is 2. The number of amides is 1. The van der Waals surface area contributed by atoms with Crippen LogP contribution >= 0.6 is 0 Å². The molecular weight excluding hydrogens is 274 g/mol. The van der Waals surface area contributed by atoms with E-state index in [1.165, 1.54) is 26.4 Å². The average Bonchev–Trinajstić information content (AvgIpc) is 2.36. The van der Waals surface area contributed by atoms with Crippen molar-refractivity contribution in [2.75, 3.05) is 26.5 Å². The van der Waals surface area contributed by atoms with Crippen molar-refractivity contribution in [3.63, 3.8) is 0 Å². The maximum Gasteiger partial charge on any atom is 0.266 e. The van der Waals surface area contributed by atoms with Gasteiger partial charge in [0.15, 0.2) is 11.5 Å². The molecule has 0 saturated carbocycles. The zero-order valence-corrected chi connectivity index (χ0v) is 11.4. The molecule has 1 rings (SSSR count). The third-order valence-electron chi connectivity index (χ3n) is 2.29. The molecule has 106 valence electrons. The molecule has 0 radical (unpaired) electrons. The summed E-state index contributed by atoms with van der Waals surface area (Å²) >= 11 is 0. The van der Waals surface area contributed by atoms with Crippen LogP contribution in [0.1, 0.15) is 10.4 Å². The molecule has 19 heavy (non-hydrogen) atoms. The molecule has 0 atom stereocenters. The fourth-order valence-corrected chi connectivity index (χ4v) is 1.73. The van der Waals surface area contributed by atoms with Gasteiger partial charge in [0.2, 0.25) is 0 Å². The molecule has 1 amide bonds. The molecule has 8 heteroatoms. The molecular formula is C11H15NO6S. The highest BCUT2D eigenvalue weighted by molar-refractivity contribution is 7.85. The summed E-state index contributed by atoms with van der Waals surface area (Å²) in [5, 5.41) is 2.37. The van der Waals surface area contributed by atoms with Crippen LogP contribution in [0, 0.1) is 0 Å². The summed E-state index contributed by atoms with van der Waals surface area (Å²) in [6.07, 6.45) is 0. The van der Waals surface area contributed by atoms with Gasteiger partial charge in [-0.2, -0.15) is 8.42 Å². The maximum absolute atomic E-state index is 11.7. The molecule has 1 aromatic carbocycles. The number of carbonyl (C=O) groups excluding carboxylic acids is 1. The number of carbonyl (C=O) groups is 1. The van der Waals surface area contributed by atoms with Crippen LogP contribution in [0.3, 0.4) is 0 Å². The number of benzene rings is 1. The maximum atomic E-state index is 11.7. The van der Waals surface area contributed by atoms with E-state index in [4.69, 9.17) is 14.0 Å². The minimum absolute atomic E-state index is 0.175. The SMILES string of the molecule is COc1ccc(C(=O)NCCS(=O)(=O)O)cc1OC. The first-order valence-corrected chi connectivity index (χ1v) is 6.93. The summed E-state index contributed by atoms with van der Waals surface area (Å²) in [6.45, 7) is -0.175. The van der Waals surface area contributed by atoms with Crippen molar-refractivity contribution in [2.45, 2.75) is 0 Å². The van der Waals surface area contributed by atoms with Gasteiger partial charge in [0, 0.05) is 12.1 Å². The number of nitrogens with one attached hydrogen (secondary N) is 1. The lowest BCUT2D eigenvalue weighted by molar-refractivity contribution is 0.0955. The Kier molecular flexibility index (Phi) is 5.13. The van der Waals surface area contributed by atoms with Gasteiger partial charge in [-0.25, -0.2) is 0 Å². The van der Waals surface area contributed by atoms with Crippen molar-refractivity contribution in [3.05, 3.63) is 23.8 Å². The molecule has 0 aromatic heterocycles. The van der Waals surface area contributed by atoms with Crippen LogP contribution in [0.25, 0.3) is 0 Å². The molecule has 0 aliphatic carbocycles. The van der Waals surface area contributed by atoms with Crippen molar-refractivity contribution >= 4 is 16.0 Å². The highest BCUT2D eigenvalue weighted by Gasteiger charge is 2.11. The lowest BCUT2D eigenvalue weighted by atomic mass is 10.2. The van der Waals surface area contributed by atoms with Gasteiger partial charge in [-0.1, -0.05) is 0 Å². The normalized spacial score (nSPS) is 10.9. The molecule has 1 aromatic rings. The van der Waals surface area contributed by atoms with Crippen LogP contribution in [0.2, 0.25) is 0 Å². The van der Waals surface area contributed by atoms with E-state index in [0.29, 0.717) is 17.1 Å². The Bertz CT molecular complexity index is 554. The third-order valence-corrected chi connectivity index (χ3v) is 3.01. The van der Waals surface area contributed by atoms with E-state index >= 15 is 0 Å². The van der Waals surface area contributed by atoms with Crippen LogP contribution in [-0.2, 0) is 10.1 Å². The second-order valence-electron chi connectivity index (χ2n) is 3.61. The zero-order chi connectivity index (χ0) is 14.5. The van der Waals surface area contributed by atoms with Crippen LogP contribution < -0.4 is 14.8 Å². The van der Waals surface area contributed by atoms with Gasteiger partial charge in [0.1, 0.15) is 0 Å². The number of methoxy groups -OCH3 is 2. The van der Waals surface area contributed by atoms with E-state index in [2.05, 4.69) is 5.32 Å². The summed E-state index contributed by atoms with van der Waals surface area (Å²) < 4.78 is 39.6. The lowest BCUT2D eigenvalue weighted by Gasteiger charge is -2.09. The van der Waals surface area contributed by atoms with Gasteiger partial charge in [-0.3, -0.25) is 9.35 Å². The van der Waals surface area contributed by atoms with Crippen LogP contribution in [0.15, 0.2) is 18.2 Å². The Hall–Kier alpha value is -1.80. The number of hydrogen-bond acceptors (Lipinski definition) is 5. The monoisotopic (exact) mass is 289 g/mol. The van der Waals surface area contributed by atoms with E-state index < -0.39 is 21.8 Å². The van der Waals surface area contributed by atoms with Gasteiger partial charge in [-0.05, 0) is 18.2 Å². The van der Waals surface area contributed by atoms with E-state index in [1.807, 2.05) is 0 Å². The molecule has 0 spiro atoms.